The zero-order valence-corrected chi connectivity index (χ0v) is 36.7. The van der Waals surface area contributed by atoms with Crippen LogP contribution in [0.4, 0.5) is 17.1 Å². The lowest BCUT2D eigenvalue weighted by atomic mass is 10.1. The Bertz CT molecular complexity index is 2950. The molecule has 4 aromatic carbocycles. The summed E-state index contributed by atoms with van der Waals surface area (Å²) in [4.78, 5) is 49.7. The molecule has 2 heterocycles. The topological polar surface area (TPSA) is 264 Å². The van der Waals surface area contributed by atoms with Crippen molar-refractivity contribution in [3.63, 3.8) is 0 Å². The van der Waals surface area contributed by atoms with Gasteiger partial charge in [-0.15, -0.1) is 0 Å². The van der Waals surface area contributed by atoms with E-state index < -0.39 is 20.0 Å². The number of aromatic nitrogens is 4. The monoisotopic (exact) mass is 934 g/mol. The average Bonchev–Trinajstić information content (AvgIpc) is 3.79. The van der Waals surface area contributed by atoms with E-state index in [1.54, 1.807) is 68.7 Å². The Kier molecular flexibility index (Phi) is 14.1. The molecule has 1 aliphatic rings. The predicted molar refractivity (Wildman–Crippen MR) is 237 cm³/mol. The van der Waals surface area contributed by atoms with Crippen molar-refractivity contribution in [2.75, 3.05) is 30.0 Å². The van der Waals surface area contributed by atoms with Crippen LogP contribution in [0, 0.1) is 5.92 Å². The lowest BCUT2D eigenvalue weighted by molar-refractivity contribution is -0.117. The number of anilines is 3. The molecule has 0 atom stereocenters. The first kappa shape index (κ1) is 46.1. The van der Waals surface area contributed by atoms with Crippen molar-refractivity contribution in [2.45, 2.75) is 35.5 Å². The molecule has 22 heteroatoms. The molecule has 0 saturated heterocycles. The number of carbonyl (C=O) groups is 4. The van der Waals surface area contributed by atoms with Crippen LogP contribution in [0.5, 0.6) is 0 Å². The van der Waals surface area contributed by atoms with E-state index >= 15 is 0 Å². The number of hydrogen-bond donors (Lipinski definition) is 5. The first-order valence-corrected chi connectivity index (χ1v) is 22.6. The van der Waals surface area contributed by atoms with E-state index in [9.17, 15) is 36.0 Å². The number of nitrogens with one attached hydrogen (secondary N) is 3. The zero-order valence-electron chi connectivity index (χ0n) is 33.5. The maximum absolute atomic E-state index is 12.4. The second-order valence-electron chi connectivity index (χ2n) is 14.4. The fourth-order valence-corrected chi connectivity index (χ4v) is 7.88. The number of primary sulfonamides is 2. The molecule has 7 rings (SSSR count). The largest absolute Gasteiger partial charge is 0.345 e. The molecule has 0 radical (unpaired) electrons. The Hall–Kier alpha value is -6.42. The van der Waals surface area contributed by atoms with E-state index in [0.717, 1.165) is 12.8 Å². The van der Waals surface area contributed by atoms with Gasteiger partial charge in [0.05, 0.1) is 54.1 Å². The highest BCUT2D eigenvalue weighted by molar-refractivity contribution is 7.89. The van der Waals surface area contributed by atoms with E-state index in [0.29, 0.717) is 26.9 Å². The summed E-state index contributed by atoms with van der Waals surface area (Å²) in [5.41, 5.74) is 2.83. The Morgan fingerprint density at radius 2 is 1.13 bits per heavy atom. The van der Waals surface area contributed by atoms with Gasteiger partial charge in [-0.1, -0.05) is 59.6 Å². The number of nitrogens with two attached hydrogens (primary N) is 2. The first-order chi connectivity index (χ1) is 29.8. The minimum Gasteiger partial charge on any atom is -0.345 e. The maximum Gasteiger partial charge on any atom is 0.256 e. The van der Waals surface area contributed by atoms with Gasteiger partial charge in [0.15, 0.2) is 0 Å². The standard InChI is InChI=1S/C21H20ClN5O4S.C20H20ClN5O4S/c22-17-4-2-1-3-14(17)9-20(28)25-15-7-8-18(19(10-15)32(23,30)31)27-12-16(11-24-27)26-21(29)13-5-6-13;1-25(2)20(28)14-11-23-26(12-14)17-8-7-15(10-18(17)31(22,29)30)24-19(27)9-13-5-3-4-6-16(13)21/h1-4,7-8,10-13H,5-6,9H2,(H,25,28)(H,26,29)(H2,23,30,31);3-8,10-12H,9H2,1-2H3,(H,24,27)(H2,22,29,30). The van der Waals surface area contributed by atoms with Gasteiger partial charge in [-0.25, -0.2) is 36.5 Å². The predicted octanol–water partition coefficient (Wildman–Crippen LogP) is 4.76. The van der Waals surface area contributed by atoms with Crippen molar-refractivity contribution in [2.24, 2.45) is 16.2 Å². The van der Waals surface area contributed by atoms with Crippen molar-refractivity contribution in [3.05, 3.63) is 136 Å². The first-order valence-electron chi connectivity index (χ1n) is 18.8. The summed E-state index contributed by atoms with van der Waals surface area (Å²) in [5, 5.41) is 27.9. The SMILES string of the molecule is CN(C)C(=O)c1cnn(-c2ccc(NC(=O)Cc3ccccc3Cl)cc2S(N)(=O)=O)c1.NS(=O)(=O)c1cc(NC(=O)Cc2ccccc2Cl)ccc1-n1cc(NC(=O)C2CC2)cn1. The molecule has 1 aliphatic carbocycles. The number of carbonyl (C=O) groups excluding carboxylic acids is 4. The minimum atomic E-state index is -4.16. The molecule has 4 amide bonds. The number of nitrogens with zero attached hydrogens (tertiary/aromatic N) is 5. The number of sulfonamides is 2. The van der Waals surface area contributed by atoms with Gasteiger partial charge in [-0.3, -0.25) is 19.2 Å². The normalized spacial score (nSPS) is 12.4. The molecule has 6 aromatic rings. The molecule has 1 saturated carbocycles. The van der Waals surface area contributed by atoms with Crippen LogP contribution in [0.1, 0.15) is 34.3 Å². The molecular weight excluding hydrogens is 896 g/mol. The van der Waals surface area contributed by atoms with Gasteiger partial charge in [0, 0.05) is 47.6 Å². The Labute approximate surface area is 372 Å². The maximum atomic E-state index is 12.4. The molecule has 1 fully saturated rings. The van der Waals surface area contributed by atoms with E-state index in [2.05, 4.69) is 26.1 Å². The molecule has 0 spiro atoms. The summed E-state index contributed by atoms with van der Waals surface area (Å²) in [6.07, 6.45) is 7.41. The zero-order chi connectivity index (χ0) is 45.6. The van der Waals surface area contributed by atoms with Gasteiger partial charge in [0.25, 0.3) is 5.91 Å². The van der Waals surface area contributed by atoms with Gasteiger partial charge in [0.1, 0.15) is 9.79 Å². The number of benzene rings is 4. The molecule has 0 aliphatic heterocycles. The summed E-state index contributed by atoms with van der Waals surface area (Å²) in [5.74, 6) is -1.10. The Balaban J connectivity index is 0.000000210. The van der Waals surface area contributed by atoms with Crippen LogP contribution in [0.2, 0.25) is 10.0 Å². The van der Waals surface area contributed by atoms with E-state index in [-0.39, 0.29) is 80.5 Å². The van der Waals surface area contributed by atoms with Crippen LogP contribution in [0.25, 0.3) is 11.4 Å². The van der Waals surface area contributed by atoms with Gasteiger partial charge in [-0.05, 0) is 72.5 Å². The Morgan fingerprint density at radius 1 is 0.667 bits per heavy atom. The minimum absolute atomic E-state index is 0.0152. The summed E-state index contributed by atoms with van der Waals surface area (Å²) in [6.45, 7) is 0. The molecule has 0 bridgehead atoms. The van der Waals surface area contributed by atoms with Crippen LogP contribution in [0.15, 0.2) is 120 Å². The number of rotatable bonds is 13. The lowest BCUT2D eigenvalue weighted by Crippen LogP contribution is -2.21. The van der Waals surface area contributed by atoms with E-state index in [1.807, 2.05) is 0 Å². The van der Waals surface area contributed by atoms with Crippen LogP contribution in [-0.4, -0.2) is 79.0 Å². The number of hydrogen-bond acceptors (Lipinski definition) is 10. The molecular formula is C41H40Cl2N10O8S2. The average molecular weight is 936 g/mol. The second kappa shape index (κ2) is 19.3. The molecule has 0 unspecified atom stereocenters. The Morgan fingerprint density at radius 3 is 1.57 bits per heavy atom. The quantitative estimate of drug-likeness (QED) is 0.106. The van der Waals surface area contributed by atoms with Crippen molar-refractivity contribution in [3.8, 4) is 11.4 Å². The molecule has 328 valence electrons. The van der Waals surface area contributed by atoms with Crippen molar-refractivity contribution >= 4 is 83.9 Å². The van der Waals surface area contributed by atoms with Gasteiger partial charge >= 0.3 is 0 Å². The summed E-state index contributed by atoms with van der Waals surface area (Å²) >= 11 is 12.2. The fraction of sp³-hybridized carbons (Fsp3) is 0.171. The van der Waals surface area contributed by atoms with Crippen LogP contribution < -0.4 is 26.2 Å². The summed E-state index contributed by atoms with van der Waals surface area (Å²) < 4.78 is 51.3. The van der Waals surface area contributed by atoms with Crippen LogP contribution >= 0.6 is 23.2 Å². The third-order valence-electron chi connectivity index (χ3n) is 9.25. The number of amides is 4. The molecule has 18 nitrogen and oxygen atoms in total. The van der Waals surface area contributed by atoms with Gasteiger partial charge in [-0.2, -0.15) is 10.2 Å². The summed E-state index contributed by atoms with van der Waals surface area (Å²) in [7, 11) is -5.12. The van der Waals surface area contributed by atoms with E-state index in [4.69, 9.17) is 33.5 Å². The second-order valence-corrected chi connectivity index (χ2v) is 18.3. The fourth-order valence-electron chi connectivity index (χ4n) is 5.99. The molecule has 7 N–H and O–H groups in total. The lowest BCUT2D eigenvalue weighted by Gasteiger charge is -2.12. The van der Waals surface area contributed by atoms with Crippen molar-refractivity contribution in [1.82, 2.24) is 24.5 Å². The van der Waals surface area contributed by atoms with Crippen molar-refractivity contribution < 1.29 is 36.0 Å². The van der Waals surface area contributed by atoms with Crippen LogP contribution in [-0.2, 0) is 47.3 Å². The van der Waals surface area contributed by atoms with Gasteiger partial charge in [0.2, 0.25) is 37.8 Å². The molecule has 2 aromatic heterocycles. The van der Waals surface area contributed by atoms with Gasteiger partial charge < -0.3 is 20.9 Å². The summed E-state index contributed by atoms with van der Waals surface area (Å²) in [6, 6.07) is 22.4. The smallest absolute Gasteiger partial charge is 0.256 e. The van der Waals surface area contributed by atoms with Crippen molar-refractivity contribution in [1.29, 1.82) is 0 Å². The van der Waals surface area contributed by atoms with E-state index in [1.165, 1.54) is 69.4 Å². The number of halogens is 2. The third-order valence-corrected chi connectivity index (χ3v) is 11.9. The third kappa shape index (κ3) is 12.2. The highest BCUT2D eigenvalue weighted by atomic mass is 35.5. The van der Waals surface area contributed by atoms with Crippen LogP contribution in [0.3, 0.4) is 0 Å². The highest BCUT2D eigenvalue weighted by Gasteiger charge is 2.30. The molecule has 63 heavy (non-hydrogen) atoms. The highest BCUT2D eigenvalue weighted by Crippen LogP contribution is 2.31.